The number of hydrogen-bond donors (Lipinski definition) is 3. The van der Waals surface area contributed by atoms with Crippen LogP contribution in [0, 0.1) is 0 Å². The smallest absolute Gasteiger partial charge is 0.188 e. The van der Waals surface area contributed by atoms with Gasteiger partial charge in [-0.15, -0.1) is 0 Å². The molecule has 0 saturated carbocycles. The molecule has 102 valence electrons. The van der Waals surface area contributed by atoms with E-state index in [0.29, 0.717) is 16.9 Å². The Morgan fingerprint density at radius 1 is 1.37 bits per heavy atom. The van der Waals surface area contributed by atoms with E-state index in [2.05, 4.69) is 9.97 Å². The molecular weight excluding hydrogens is 252 g/mol. The lowest BCUT2D eigenvalue weighted by Crippen LogP contribution is -2.32. The van der Waals surface area contributed by atoms with E-state index >= 15 is 0 Å². The van der Waals surface area contributed by atoms with Crippen LogP contribution in [0.2, 0.25) is 0 Å². The molecule has 8 nitrogen and oxygen atoms in total. The number of aliphatic hydroxyl groups is 2. The Hall–Kier alpha value is -1.74. The third kappa shape index (κ3) is 1.77. The molecule has 8 heteroatoms. The summed E-state index contributed by atoms with van der Waals surface area (Å²) in [5, 5.41) is 19.8. The lowest BCUT2D eigenvalue weighted by atomic mass is 10.2. The molecule has 0 aromatic carbocycles. The number of ether oxygens (including phenoxy) is 2. The maximum atomic E-state index is 10.00. The van der Waals surface area contributed by atoms with Gasteiger partial charge in [0.15, 0.2) is 18.2 Å². The monoisotopic (exact) mass is 266 g/mol. The Balaban J connectivity index is 2.04. The molecule has 3 heterocycles. The summed E-state index contributed by atoms with van der Waals surface area (Å²) >= 11 is 0. The number of nitrogen functional groups attached to an aromatic ring is 1. The molecule has 0 aliphatic carbocycles. The summed E-state index contributed by atoms with van der Waals surface area (Å²) < 4.78 is 11.9. The van der Waals surface area contributed by atoms with E-state index in [9.17, 15) is 10.2 Å². The summed E-state index contributed by atoms with van der Waals surface area (Å²) in [6.45, 7) is 0. The fraction of sp³-hybridized carbons (Fsp3) is 0.455. The van der Waals surface area contributed by atoms with Crippen LogP contribution in [0.1, 0.15) is 6.23 Å². The highest BCUT2D eigenvalue weighted by Gasteiger charge is 2.44. The highest BCUT2D eigenvalue weighted by Crippen LogP contribution is 2.32. The zero-order valence-corrected chi connectivity index (χ0v) is 10.2. The van der Waals surface area contributed by atoms with Gasteiger partial charge in [0.05, 0.1) is 12.0 Å². The first-order valence-corrected chi connectivity index (χ1v) is 5.75. The molecule has 2 aromatic rings. The van der Waals surface area contributed by atoms with E-state index in [1.165, 1.54) is 18.0 Å². The van der Waals surface area contributed by atoms with E-state index in [-0.39, 0.29) is 0 Å². The molecule has 3 rings (SSSR count). The number of nitrogens with zero attached hydrogens (tertiary/aromatic N) is 3. The normalized spacial score (nSPS) is 31.1. The van der Waals surface area contributed by atoms with Crippen LogP contribution in [0.25, 0.3) is 11.2 Å². The van der Waals surface area contributed by atoms with Crippen LogP contribution in [-0.2, 0) is 9.47 Å². The van der Waals surface area contributed by atoms with Crippen molar-refractivity contribution >= 4 is 16.9 Å². The summed E-state index contributed by atoms with van der Waals surface area (Å²) in [7, 11) is 1.39. The summed E-state index contributed by atoms with van der Waals surface area (Å²) in [5.41, 5.74) is 7.28. The van der Waals surface area contributed by atoms with Gasteiger partial charge in [0, 0.05) is 13.3 Å². The number of fused-ring (bicyclic) bond motifs is 1. The number of pyridine rings is 1. The number of aromatic nitrogens is 3. The Bertz CT molecular complexity index is 601. The second-order valence-electron chi connectivity index (χ2n) is 4.34. The minimum Gasteiger partial charge on any atom is -0.397 e. The number of nitrogens with two attached hydrogens (primary N) is 1. The van der Waals surface area contributed by atoms with Crippen molar-refractivity contribution in [2.24, 2.45) is 0 Å². The predicted molar refractivity (Wildman–Crippen MR) is 64.9 cm³/mol. The Morgan fingerprint density at radius 3 is 2.84 bits per heavy atom. The zero-order valence-electron chi connectivity index (χ0n) is 10.2. The van der Waals surface area contributed by atoms with Crippen molar-refractivity contribution in [1.82, 2.24) is 14.5 Å². The molecule has 1 fully saturated rings. The lowest BCUT2D eigenvalue weighted by Gasteiger charge is -2.16. The van der Waals surface area contributed by atoms with Gasteiger partial charge in [0.1, 0.15) is 17.7 Å². The molecule has 1 aliphatic rings. The SMILES string of the molecule is COC1OC(n2cnc3c(N)ccnc32)C(O)C1O. The highest BCUT2D eigenvalue weighted by molar-refractivity contribution is 5.83. The minimum absolute atomic E-state index is 0.480. The second kappa shape index (κ2) is 4.42. The van der Waals surface area contributed by atoms with Crippen LogP contribution >= 0.6 is 0 Å². The van der Waals surface area contributed by atoms with Crippen LogP contribution < -0.4 is 5.73 Å². The van der Waals surface area contributed by atoms with E-state index in [0.717, 1.165) is 0 Å². The van der Waals surface area contributed by atoms with E-state index in [1.807, 2.05) is 0 Å². The van der Waals surface area contributed by atoms with Crippen molar-refractivity contribution in [1.29, 1.82) is 0 Å². The molecule has 0 spiro atoms. The van der Waals surface area contributed by atoms with E-state index in [4.69, 9.17) is 15.2 Å². The average molecular weight is 266 g/mol. The number of hydrogen-bond acceptors (Lipinski definition) is 7. The van der Waals surface area contributed by atoms with Gasteiger partial charge in [-0.25, -0.2) is 9.97 Å². The fourth-order valence-electron chi connectivity index (χ4n) is 2.19. The molecule has 1 aliphatic heterocycles. The first-order valence-electron chi connectivity index (χ1n) is 5.75. The summed E-state index contributed by atoms with van der Waals surface area (Å²) in [5.74, 6) is 0. The molecule has 1 saturated heterocycles. The first-order chi connectivity index (χ1) is 9.13. The van der Waals surface area contributed by atoms with Crippen LogP contribution in [0.3, 0.4) is 0 Å². The number of methoxy groups -OCH3 is 1. The van der Waals surface area contributed by atoms with Gasteiger partial charge in [-0.2, -0.15) is 0 Å². The molecule has 0 radical (unpaired) electrons. The largest absolute Gasteiger partial charge is 0.397 e. The third-order valence-electron chi connectivity index (χ3n) is 3.19. The van der Waals surface area contributed by atoms with Gasteiger partial charge in [-0.05, 0) is 6.07 Å². The minimum atomic E-state index is -1.13. The fourth-order valence-corrected chi connectivity index (χ4v) is 2.19. The maximum absolute atomic E-state index is 10.00. The topological polar surface area (TPSA) is 116 Å². The van der Waals surface area contributed by atoms with Crippen molar-refractivity contribution in [3.63, 3.8) is 0 Å². The Labute approximate surface area is 108 Å². The van der Waals surface area contributed by atoms with Crippen LogP contribution in [-0.4, -0.2) is 50.4 Å². The quantitative estimate of drug-likeness (QED) is 0.654. The van der Waals surface area contributed by atoms with E-state index in [1.54, 1.807) is 12.3 Å². The molecule has 4 N–H and O–H groups in total. The first kappa shape index (κ1) is 12.3. The standard InChI is InChI=1S/C11H14N4O4/c1-18-11-8(17)7(16)10(19-11)15-4-14-6-5(12)2-3-13-9(6)15/h2-4,7-8,10-11,16-17H,1H3,(H2,12,13). The van der Waals surface area contributed by atoms with Crippen LogP contribution in [0.4, 0.5) is 5.69 Å². The number of aliphatic hydroxyl groups excluding tert-OH is 2. The van der Waals surface area contributed by atoms with Crippen molar-refractivity contribution in [2.75, 3.05) is 12.8 Å². The maximum Gasteiger partial charge on any atom is 0.188 e. The summed E-state index contributed by atoms with van der Waals surface area (Å²) in [6, 6.07) is 1.64. The van der Waals surface area contributed by atoms with Gasteiger partial charge < -0.3 is 25.4 Å². The molecule has 0 bridgehead atoms. The average Bonchev–Trinajstić information content (AvgIpc) is 2.94. The molecule has 4 atom stereocenters. The van der Waals surface area contributed by atoms with Gasteiger partial charge in [0.25, 0.3) is 0 Å². The highest BCUT2D eigenvalue weighted by atomic mass is 16.7. The van der Waals surface area contributed by atoms with Crippen molar-refractivity contribution < 1.29 is 19.7 Å². The molecule has 2 aromatic heterocycles. The zero-order chi connectivity index (χ0) is 13.6. The van der Waals surface area contributed by atoms with Crippen molar-refractivity contribution in [3.05, 3.63) is 18.6 Å². The van der Waals surface area contributed by atoms with Crippen molar-refractivity contribution in [3.8, 4) is 0 Å². The van der Waals surface area contributed by atoms with Gasteiger partial charge in [-0.1, -0.05) is 0 Å². The Kier molecular flexibility index (Phi) is 2.86. The van der Waals surface area contributed by atoms with Crippen molar-refractivity contribution in [2.45, 2.75) is 24.7 Å². The molecule has 4 unspecified atom stereocenters. The Morgan fingerprint density at radius 2 is 2.16 bits per heavy atom. The molecule has 19 heavy (non-hydrogen) atoms. The lowest BCUT2D eigenvalue weighted by molar-refractivity contribution is -0.160. The van der Waals surface area contributed by atoms with Gasteiger partial charge >= 0.3 is 0 Å². The number of anilines is 1. The molecule has 0 amide bonds. The van der Waals surface area contributed by atoms with Gasteiger partial charge in [0.2, 0.25) is 0 Å². The summed E-state index contributed by atoms with van der Waals surface area (Å²) in [4.78, 5) is 8.30. The third-order valence-corrected chi connectivity index (χ3v) is 3.19. The van der Waals surface area contributed by atoms with Gasteiger partial charge in [-0.3, -0.25) is 4.57 Å². The molecular formula is C11H14N4O4. The number of imidazole rings is 1. The van der Waals surface area contributed by atoms with Crippen LogP contribution in [0.5, 0.6) is 0 Å². The second-order valence-corrected chi connectivity index (χ2v) is 4.34. The summed E-state index contributed by atoms with van der Waals surface area (Å²) in [6.07, 6.45) is -0.967. The predicted octanol–water partition coefficient (Wildman–Crippen LogP) is -0.763. The van der Waals surface area contributed by atoms with E-state index < -0.39 is 24.7 Å². The van der Waals surface area contributed by atoms with Crippen LogP contribution in [0.15, 0.2) is 18.6 Å². The number of rotatable bonds is 2.